The first-order valence-corrected chi connectivity index (χ1v) is 5.54. The van der Waals surface area contributed by atoms with Crippen LogP contribution < -0.4 is 5.32 Å². The number of halogens is 1. The van der Waals surface area contributed by atoms with E-state index in [1.807, 2.05) is 6.07 Å². The molecule has 0 spiro atoms. The molecule has 0 bridgehead atoms. The Bertz CT molecular complexity index is 395. The topological polar surface area (TPSA) is 35.8 Å². The minimum absolute atomic E-state index is 0.266. The summed E-state index contributed by atoms with van der Waals surface area (Å²) in [4.78, 5) is 0. The van der Waals surface area contributed by atoms with Crippen molar-refractivity contribution in [3.63, 3.8) is 0 Å². The summed E-state index contributed by atoms with van der Waals surface area (Å²) in [5.41, 5.74) is 1.06. The Balaban J connectivity index is 2.85. The zero-order valence-electron chi connectivity index (χ0n) is 9.92. The highest BCUT2D eigenvalue weighted by molar-refractivity contribution is 5.57. The summed E-state index contributed by atoms with van der Waals surface area (Å²) in [7, 11) is 0. The van der Waals surface area contributed by atoms with Gasteiger partial charge in [0.05, 0.1) is 11.3 Å². The molecule has 0 saturated carbocycles. The Morgan fingerprint density at radius 3 is 2.69 bits per heavy atom. The minimum Gasteiger partial charge on any atom is -0.381 e. The van der Waals surface area contributed by atoms with Crippen LogP contribution in [-0.4, -0.2) is 6.04 Å². The number of nitrogens with one attached hydrogen (secondary N) is 1. The van der Waals surface area contributed by atoms with Gasteiger partial charge in [-0.05, 0) is 31.0 Å². The lowest BCUT2D eigenvalue weighted by atomic mass is 10.0. The molecule has 2 nitrogen and oxygen atoms in total. The van der Waals surface area contributed by atoms with Crippen LogP contribution in [0.3, 0.4) is 0 Å². The van der Waals surface area contributed by atoms with E-state index in [4.69, 9.17) is 5.26 Å². The highest BCUT2D eigenvalue weighted by atomic mass is 19.1. The molecule has 3 heteroatoms. The van der Waals surface area contributed by atoms with E-state index in [1.54, 1.807) is 6.07 Å². The molecule has 0 heterocycles. The number of nitriles is 1. The van der Waals surface area contributed by atoms with E-state index in [-0.39, 0.29) is 11.9 Å². The van der Waals surface area contributed by atoms with Gasteiger partial charge in [-0.15, -0.1) is 0 Å². The van der Waals surface area contributed by atoms with Gasteiger partial charge in [0.15, 0.2) is 0 Å². The largest absolute Gasteiger partial charge is 0.381 e. The van der Waals surface area contributed by atoms with Gasteiger partial charge in [-0.1, -0.05) is 20.3 Å². The summed E-state index contributed by atoms with van der Waals surface area (Å²) in [6, 6.07) is 6.50. The van der Waals surface area contributed by atoms with Gasteiger partial charge in [-0.2, -0.15) is 5.26 Å². The smallest absolute Gasteiger partial charge is 0.124 e. The summed E-state index contributed by atoms with van der Waals surface area (Å²) in [5, 5.41) is 12.1. The van der Waals surface area contributed by atoms with E-state index in [1.165, 1.54) is 12.1 Å². The van der Waals surface area contributed by atoms with Crippen LogP contribution >= 0.6 is 0 Å². The maximum Gasteiger partial charge on any atom is 0.124 e. The normalized spacial score (nSPS) is 13.9. The van der Waals surface area contributed by atoms with Crippen LogP contribution in [0.4, 0.5) is 10.1 Å². The molecule has 2 unspecified atom stereocenters. The fourth-order valence-corrected chi connectivity index (χ4v) is 1.48. The summed E-state index contributed by atoms with van der Waals surface area (Å²) in [6.07, 6.45) is 1.07. The van der Waals surface area contributed by atoms with Crippen LogP contribution in [0.2, 0.25) is 0 Å². The molecule has 0 radical (unpaired) electrons. The first kappa shape index (κ1) is 12.5. The third-order valence-electron chi connectivity index (χ3n) is 2.98. The molecule has 86 valence electrons. The van der Waals surface area contributed by atoms with Crippen molar-refractivity contribution in [2.24, 2.45) is 5.92 Å². The van der Waals surface area contributed by atoms with Crippen molar-refractivity contribution in [1.82, 2.24) is 0 Å². The Kier molecular flexibility index (Phi) is 4.30. The van der Waals surface area contributed by atoms with Crippen LogP contribution in [0.25, 0.3) is 0 Å². The SMILES string of the molecule is CCC(C)C(C)Nc1ccc(F)cc1C#N. The van der Waals surface area contributed by atoms with E-state index in [0.717, 1.165) is 6.42 Å². The van der Waals surface area contributed by atoms with Crippen LogP contribution in [0, 0.1) is 23.1 Å². The van der Waals surface area contributed by atoms with E-state index < -0.39 is 0 Å². The van der Waals surface area contributed by atoms with Crippen molar-refractivity contribution in [2.45, 2.75) is 33.2 Å². The molecule has 1 N–H and O–H groups in total. The van der Waals surface area contributed by atoms with Crippen molar-refractivity contribution < 1.29 is 4.39 Å². The molecule has 0 saturated heterocycles. The summed E-state index contributed by atoms with van der Waals surface area (Å²) in [6.45, 7) is 6.34. The van der Waals surface area contributed by atoms with Crippen LogP contribution in [0.15, 0.2) is 18.2 Å². The van der Waals surface area contributed by atoms with Crippen LogP contribution in [-0.2, 0) is 0 Å². The molecular formula is C13H17FN2. The Morgan fingerprint density at radius 2 is 2.12 bits per heavy atom. The molecule has 0 fully saturated rings. The molecular weight excluding hydrogens is 203 g/mol. The summed E-state index contributed by atoms with van der Waals surface area (Å²) < 4.78 is 12.9. The Labute approximate surface area is 96.1 Å². The standard InChI is InChI=1S/C13H17FN2/c1-4-9(2)10(3)16-13-6-5-12(14)7-11(13)8-15/h5-7,9-10,16H,4H2,1-3H3. The third-order valence-corrected chi connectivity index (χ3v) is 2.98. The van der Waals surface area contributed by atoms with Gasteiger partial charge in [0.1, 0.15) is 11.9 Å². The number of hydrogen-bond donors (Lipinski definition) is 1. The zero-order chi connectivity index (χ0) is 12.1. The van der Waals surface area contributed by atoms with Crippen LogP contribution in [0.1, 0.15) is 32.8 Å². The van der Waals surface area contributed by atoms with E-state index >= 15 is 0 Å². The van der Waals surface area contributed by atoms with Gasteiger partial charge in [-0.3, -0.25) is 0 Å². The second-order valence-electron chi connectivity index (χ2n) is 4.12. The van der Waals surface area contributed by atoms with Gasteiger partial charge in [-0.25, -0.2) is 4.39 Å². The van der Waals surface area contributed by atoms with E-state index in [9.17, 15) is 4.39 Å². The monoisotopic (exact) mass is 220 g/mol. The molecule has 16 heavy (non-hydrogen) atoms. The molecule has 1 aromatic rings. The Hall–Kier alpha value is -1.56. The van der Waals surface area contributed by atoms with E-state index in [0.29, 0.717) is 17.2 Å². The number of rotatable bonds is 4. The highest BCUT2D eigenvalue weighted by Crippen LogP contribution is 2.19. The van der Waals surface area contributed by atoms with Gasteiger partial charge < -0.3 is 5.32 Å². The highest BCUT2D eigenvalue weighted by Gasteiger charge is 2.12. The molecule has 0 amide bonds. The van der Waals surface area contributed by atoms with Crippen molar-refractivity contribution in [3.05, 3.63) is 29.6 Å². The lowest BCUT2D eigenvalue weighted by Crippen LogP contribution is -2.23. The quantitative estimate of drug-likeness (QED) is 0.842. The van der Waals surface area contributed by atoms with Gasteiger partial charge in [0, 0.05) is 6.04 Å². The second kappa shape index (κ2) is 5.50. The lowest BCUT2D eigenvalue weighted by molar-refractivity contribution is 0.494. The summed E-state index contributed by atoms with van der Waals surface area (Å²) in [5.74, 6) is 0.134. The number of hydrogen-bond acceptors (Lipinski definition) is 2. The molecule has 1 rings (SSSR count). The number of nitrogens with zero attached hydrogens (tertiary/aromatic N) is 1. The minimum atomic E-state index is -0.377. The van der Waals surface area contributed by atoms with Crippen molar-refractivity contribution >= 4 is 5.69 Å². The molecule has 2 atom stereocenters. The summed E-state index contributed by atoms with van der Waals surface area (Å²) >= 11 is 0. The van der Waals surface area contributed by atoms with Gasteiger partial charge >= 0.3 is 0 Å². The first-order chi connectivity index (χ1) is 7.58. The van der Waals surface area contributed by atoms with E-state index in [2.05, 4.69) is 26.1 Å². The molecule has 0 aliphatic rings. The predicted octanol–water partition coefficient (Wildman–Crippen LogP) is 3.54. The fraction of sp³-hybridized carbons (Fsp3) is 0.462. The average Bonchev–Trinajstić information content (AvgIpc) is 2.30. The average molecular weight is 220 g/mol. The molecule has 0 aliphatic heterocycles. The molecule has 0 aromatic heterocycles. The van der Waals surface area contributed by atoms with Crippen molar-refractivity contribution in [2.75, 3.05) is 5.32 Å². The lowest BCUT2D eigenvalue weighted by Gasteiger charge is -2.21. The molecule has 0 aliphatic carbocycles. The zero-order valence-corrected chi connectivity index (χ0v) is 9.92. The van der Waals surface area contributed by atoms with Crippen LogP contribution in [0.5, 0.6) is 0 Å². The van der Waals surface area contributed by atoms with Crippen molar-refractivity contribution in [1.29, 1.82) is 5.26 Å². The predicted molar refractivity (Wildman–Crippen MR) is 63.7 cm³/mol. The maximum atomic E-state index is 12.9. The number of anilines is 1. The first-order valence-electron chi connectivity index (χ1n) is 5.54. The molecule has 1 aromatic carbocycles. The Morgan fingerprint density at radius 1 is 1.44 bits per heavy atom. The van der Waals surface area contributed by atoms with Crippen molar-refractivity contribution in [3.8, 4) is 6.07 Å². The maximum absolute atomic E-state index is 12.9. The fourth-order valence-electron chi connectivity index (χ4n) is 1.48. The number of benzene rings is 1. The third kappa shape index (κ3) is 2.96. The van der Waals surface area contributed by atoms with Gasteiger partial charge in [0.2, 0.25) is 0 Å². The van der Waals surface area contributed by atoms with Gasteiger partial charge in [0.25, 0.3) is 0 Å². The second-order valence-corrected chi connectivity index (χ2v) is 4.12.